The molecule has 2 unspecified atom stereocenters. The molecule has 1 aliphatic rings. The quantitative estimate of drug-likeness (QED) is 0.847. The number of hydrogen-bond acceptors (Lipinski definition) is 2. The van der Waals surface area contributed by atoms with Crippen LogP contribution in [0.4, 0.5) is 0 Å². The number of benzene rings is 1. The molecule has 88 valence electrons. The molecule has 1 aromatic rings. The van der Waals surface area contributed by atoms with Crippen LogP contribution in [-0.2, 0) is 4.74 Å². The van der Waals surface area contributed by atoms with Crippen molar-refractivity contribution in [3.63, 3.8) is 0 Å². The third-order valence-corrected chi connectivity index (χ3v) is 3.49. The van der Waals surface area contributed by atoms with Crippen LogP contribution >= 0.6 is 0 Å². The van der Waals surface area contributed by atoms with Gasteiger partial charge in [0.05, 0.1) is 6.61 Å². The number of rotatable bonds is 3. The average Bonchev–Trinajstić information content (AvgIpc) is 2.31. The zero-order chi connectivity index (χ0) is 11.4. The molecule has 1 aromatic carbocycles. The monoisotopic (exact) mass is 219 g/mol. The highest BCUT2D eigenvalue weighted by Crippen LogP contribution is 2.30. The first-order chi connectivity index (χ1) is 7.81. The average molecular weight is 219 g/mol. The van der Waals surface area contributed by atoms with Gasteiger partial charge in [-0.25, -0.2) is 0 Å². The molecule has 0 spiro atoms. The number of ether oxygens (including phenoxy) is 1. The van der Waals surface area contributed by atoms with Gasteiger partial charge < -0.3 is 10.5 Å². The summed E-state index contributed by atoms with van der Waals surface area (Å²) in [6.07, 6.45) is 2.42. The van der Waals surface area contributed by atoms with Crippen molar-refractivity contribution in [2.75, 3.05) is 19.8 Å². The fourth-order valence-corrected chi connectivity index (χ4v) is 2.58. The van der Waals surface area contributed by atoms with E-state index in [2.05, 4.69) is 31.2 Å². The second-order valence-corrected chi connectivity index (χ2v) is 4.73. The standard InChI is InChI=1S/C14H21NO/c1-11-4-2-5-12(8-11)14(9-15)13-6-3-7-16-10-13/h2,4-5,8,13-14H,3,6-7,9-10,15H2,1H3. The normalized spacial score (nSPS) is 23.0. The van der Waals surface area contributed by atoms with E-state index in [0.29, 0.717) is 11.8 Å². The van der Waals surface area contributed by atoms with Crippen LogP contribution in [0.5, 0.6) is 0 Å². The topological polar surface area (TPSA) is 35.2 Å². The summed E-state index contributed by atoms with van der Waals surface area (Å²) < 4.78 is 5.56. The van der Waals surface area contributed by atoms with Gasteiger partial charge in [0.1, 0.15) is 0 Å². The van der Waals surface area contributed by atoms with Gasteiger partial charge in [-0.1, -0.05) is 29.8 Å². The van der Waals surface area contributed by atoms with E-state index in [1.54, 1.807) is 0 Å². The van der Waals surface area contributed by atoms with Crippen LogP contribution in [0, 0.1) is 12.8 Å². The van der Waals surface area contributed by atoms with Gasteiger partial charge in [0, 0.05) is 12.5 Å². The van der Waals surface area contributed by atoms with Crippen molar-refractivity contribution >= 4 is 0 Å². The SMILES string of the molecule is Cc1cccc(C(CN)C2CCCOC2)c1. The molecule has 0 radical (unpaired) electrons. The number of hydrogen-bond donors (Lipinski definition) is 1. The van der Waals surface area contributed by atoms with Crippen molar-refractivity contribution in [2.45, 2.75) is 25.7 Å². The first kappa shape index (κ1) is 11.6. The Balaban J connectivity index is 2.14. The van der Waals surface area contributed by atoms with Crippen LogP contribution in [0.2, 0.25) is 0 Å². The largest absolute Gasteiger partial charge is 0.381 e. The minimum Gasteiger partial charge on any atom is -0.381 e. The van der Waals surface area contributed by atoms with Gasteiger partial charge in [0.15, 0.2) is 0 Å². The van der Waals surface area contributed by atoms with Crippen LogP contribution in [0.1, 0.15) is 29.9 Å². The Kier molecular flexibility index (Phi) is 3.97. The summed E-state index contributed by atoms with van der Waals surface area (Å²) in [5.41, 5.74) is 8.62. The Hall–Kier alpha value is -0.860. The van der Waals surface area contributed by atoms with Gasteiger partial charge in [-0.15, -0.1) is 0 Å². The van der Waals surface area contributed by atoms with Crippen molar-refractivity contribution in [3.8, 4) is 0 Å². The lowest BCUT2D eigenvalue weighted by atomic mass is 9.82. The maximum absolute atomic E-state index is 5.93. The molecule has 1 aliphatic heterocycles. The van der Waals surface area contributed by atoms with E-state index in [1.807, 2.05) is 0 Å². The highest BCUT2D eigenvalue weighted by molar-refractivity contribution is 5.26. The Bertz CT molecular complexity index is 331. The van der Waals surface area contributed by atoms with Gasteiger partial charge in [-0.05, 0) is 37.8 Å². The molecule has 2 rings (SSSR count). The minimum absolute atomic E-state index is 0.459. The van der Waals surface area contributed by atoms with Gasteiger partial charge in [-0.2, -0.15) is 0 Å². The molecule has 0 saturated carbocycles. The molecule has 2 atom stereocenters. The zero-order valence-corrected chi connectivity index (χ0v) is 9.99. The highest BCUT2D eigenvalue weighted by atomic mass is 16.5. The molecule has 0 bridgehead atoms. The summed E-state index contributed by atoms with van der Waals surface area (Å²) in [5, 5.41) is 0. The van der Waals surface area contributed by atoms with E-state index in [1.165, 1.54) is 24.0 Å². The molecule has 1 saturated heterocycles. The Morgan fingerprint density at radius 3 is 3.00 bits per heavy atom. The molecule has 0 amide bonds. The maximum Gasteiger partial charge on any atom is 0.0500 e. The van der Waals surface area contributed by atoms with E-state index >= 15 is 0 Å². The predicted octanol–water partition coefficient (Wildman–Crippen LogP) is 2.46. The lowest BCUT2D eigenvalue weighted by Crippen LogP contribution is -2.28. The van der Waals surface area contributed by atoms with E-state index in [4.69, 9.17) is 10.5 Å². The molecular weight excluding hydrogens is 198 g/mol. The highest BCUT2D eigenvalue weighted by Gasteiger charge is 2.24. The van der Waals surface area contributed by atoms with Crippen LogP contribution in [0.15, 0.2) is 24.3 Å². The Morgan fingerprint density at radius 1 is 1.50 bits per heavy atom. The summed E-state index contributed by atoms with van der Waals surface area (Å²) >= 11 is 0. The van der Waals surface area contributed by atoms with Crippen LogP contribution in [-0.4, -0.2) is 19.8 Å². The van der Waals surface area contributed by atoms with Gasteiger partial charge in [0.2, 0.25) is 0 Å². The van der Waals surface area contributed by atoms with E-state index in [9.17, 15) is 0 Å². The van der Waals surface area contributed by atoms with Crippen LogP contribution in [0.3, 0.4) is 0 Å². The summed E-state index contributed by atoms with van der Waals surface area (Å²) in [5.74, 6) is 1.06. The number of aryl methyl sites for hydroxylation is 1. The van der Waals surface area contributed by atoms with E-state index < -0.39 is 0 Å². The van der Waals surface area contributed by atoms with Crippen molar-refractivity contribution < 1.29 is 4.74 Å². The molecule has 2 heteroatoms. The molecule has 0 aromatic heterocycles. The van der Waals surface area contributed by atoms with Gasteiger partial charge in [-0.3, -0.25) is 0 Å². The second-order valence-electron chi connectivity index (χ2n) is 4.73. The molecule has 2 N–H and O–H groups in total. The first-order valence-electron chi connectivity index (χ1n) is 6.15. The molecule has 2 nitrogen and oxygen atoms in total. The molecule has 1 fully saturated rings. The summed E-state index contributed by atoms with van der Waals surface area (Å²) in [6, 6.07) is 8.71. The third-order valence-electron chi connectivity index (χ3n) is 3.49. The smallest absolute Gasteiger partial charge is 0.0500 e. The lowest BCUT2D eigenvalue weighted by Gasteiger charge is -2.29. The van der Waals surface area contributed by atoms with Crippen LogP contribution < -0.4 is 5.73 Å². The Morgan fingerprint density at radius 2 is 2.38 bits per heavy atom. The lowest BCUT2D eigenvalue weighted by molar-refractivity contribution is 0.0450. The molecular formula is C14H21NO. The van der Waals surface area contributed by atoms with Gasteiger partial charge >= 0.3 is 0 Å². The number of nitrogens with two attached hydrogens (primary N) is 1. The Labute approximate surface area is 97.8 Å². The van der Waals surface area contributed by atoms with Crippen LogP contribution in [0.25, 0.3) is 0 Å². The van der Waals surface area contributed by atoms with Crippen molar-refractivity contribution in [1.29, 1.82) is 0 Å². The minimum atomic E-state index is 0.459. The zero-order valence-electron chi connectivity index (χ0n) is 9.99. The van der Waals surface area contributed by atoms with Gasteiger partial charge in [0.25, 0.3) is 0 Å². The fraction of sp³-hybridized carbons (Fsp3) is 0.571. The predicted molar refractivity (Wildman–Crippen MR) is 66.5 cm³/mol. The fourth-order valence-electron chi connectivity index (χ4n) is 2.58. The third kappa shape index (κ3) is 2.63. The van der Waals surface area contributed by atoms with E-state index in [0.717, 1.165) is 19.8 Å². The summed E-state index contributed by atoms with van der Waals surface area (Å²) in [4.78, 5) is 0. The molecule has 16 heavy (non-hydrogen) atoms. The van der Waals surface area contributed by atoms with Crippen molar-refractivity contribution in [3.05, 3.63) is 35.4 Å². The first-order valence-corrected chi connectivity index (χ1v) is 6.15. The summed E-state index contributed by atoms with van der Waals surface area (Å²) in [6.45, 7) is 4.64. The molecule has 1 heterocycles. The second kappa shape index (κ2) is 5.46. The van der Waals surface area contributed by atoms with Crippen molar-refractivity contribution in [1.82, 2.24) is 0 Å². The maximum atomic E-state index is 5.93. The molecule has 0 aliphatic carbocycles. The summed E-state index contributed by atoms with van der Waals surface area (Å²) in [7, 11) is 0. The van der Waals surface area contributed by atoms with Crippen molar-refractivity contribution in [2.24, 2.45) is 11.7 Å². The van der Waals surface area contributed by atoms with E-state index in [-0.39, 0.29) is 0 Å².